The van der Waals surface area contributed by atoms with Crippen molar-refractivity contribution in [3.05, 3.63) is 0 Å². The lowest BCUT2D eigenvalue weighted by Gasteiger charge is -2.40. The Balaban J connectivity index is 2.60. The van der Waals surface area contributed by atoms with E-state index in [1.807, 2.05) is 13.8 Å². The van der Waals surface area contributed by atoms with Crippen LogP contribution in [-0.2, 0) is 9.53 Å². The fourth-order valence-electron chi connectivity index (χ4n) is 1.97. The molecule has 1 rings (SSSR count). The molecule has 1 fully saturated rings. The highest BCUT2D eigenvalue weighted by molar-refractivity contribution is 5.81. The van der Waals surface area contributed by atoms with Gasteiger partial charge < -0.3 is 4.74 Å². The molecule has 1 aliphatic heterocycles. The van der Waals surface area contributed by atoms with Crippen molar-refractivity contribution >= 4 is 5.91 Å². The molecule has 5 heteroatoms. The third-order valence-corrected chi connectivity index (χ3v) is 3.08. The minimum atomic E-state index is -0.472. The summed E-state index contributed by atoms with van der Waals surface area (Å²) in [5.74, 6) is 5.06. The molecular weight excluding hydrogens is 206 g/mol. The average Bonchev–Trinajstić information content (AvgIpc) is 2.22. The molecule has 0 radical (unpaired) electrons. The molecule has 2 unspecified atom stereocenters. The molecule has 1 aliphatic rings. The van der Waals surface area contributed by atoms with Gasteiger partial charge in [-0.3, -0.25) is 15.1 Å². The smallest absolute Gasteiger partial charge is 0.240 e. The van der Waals surface area contributed by atoms with Crippen LogP contribution in [0.2, 0.25) is 0 Å². The molecule has 0 aliphatic carbocycles. The summed E-state index contributed by atoms with van der Waals surface area (Å²) in [7, 11) is 0. The molecule has 2 atom stereocenters. The predicted molar refractivity (Wildman–Crippen MR) is 62.6 cm³/mol. The summed E-state index contributed by atoms with van der Waals surface area (Å²) in [4.78, 5) is 13.9. The maximum atomic E-state index is 11.6. The van der Waals surface area contributed by atoms with Crippen molar-refractivity contribution in [2.75, 3.05) is 19.7 Å². The van der Waals surface area contributed by atoms with E-state index in [9.17, 15) is 4.79 Å². The first-order valence-corrected chi connectivity index (χ1v) is 5.73. The zero-order valence-electron chi connectivity index (χ0n) is 10.6. The molecule has 1 saturated heterocycles. The van der Waals surface area contributed by atoms with Crippen LogP contribution in [0.3, 0.4) is 0 Å². The second-order valence-electron chi connectivity index (χ2n) is 5.28. The van der Waals surface area contributed by atoms with Gasteiger partial charge in [0.05, 0.1) is 18.1 Å². The van der Waals surface area contributed by atoms with E-state index < -0.39 is 5.41 Å². The minimum Gasteiger partial charge on any atom is -0.376 e. The Morgan fingerprint density at radius 2 is 2.19 bits per heavy atom. The fourth-order valence-corrected chi connectivity index (χ4v) is 1.97. The van der Waals surface area contributed by atoms with Gasteiger partial charge in [-0.1, -0.05) is 0 Å². The molecule has 5 nitrogen and oxygen atoms in total. The van der Waals surface area contributed by atoms with Gasteiger partial charge in [0.25, 0.3) is 0 Å². The molecule has 3 N–H and O–H groups in total. The van der Waals surface area contributed by atoms with Crippen LogP contribution in [0.1, 0.15) is 27.7 Å². The molecule has 0 spiro atoms. The average molecular weight is 229 g/mol. The lowest BCUT2D eigenvalue weighted by atomic mass is 9.91. The summed E-state index contributed by atoms with van der Waals surface area (Å²) in [5.41, 5.74) is 1.75. The van der Waals surface area contributed by atoms with E-state index in [1.54, 1.807) is 0 Å². The topological polar surface area (TPSA) is 67.6 Å². The van der Waals surface area contributed by atoms with E-state index in [2.05, 4.69) is 24.2 Å². The number of carbonyl (C=O) groups is 1. The van der Waals surface area contributed by atoms with Crippen molar-refractivity contribution in [3.63, 3.8) is 0 Å². The SMILES string of the molecule is CC1CN(CC(C)(C)C(=O)NN)C(C)CO1. The monoisotopic (exact) mass is 229 g/mol. The first kappa shape index (κ1) is 13.4. The quantitative estimate of drug-likeness (QED) is 0.409. The normalized spacial score (nSPS) is 27.8. The van der Waals surface area contributed by atoms with E-state index in [4.69, 9.17) is 10.6 Å². The number of hydrogen-bond acceptors (Lipinski definition) is 4. The van der Waals surface area contributed by atoms with Crippen LogP contribution in [0.15, 0.2) is 0 Å². The standard InChI is InChI=1S/C11H23N3O2/c1-8-6-16-9(2)5-14(8)7-11(3,4)10(15)13-12/h8-9H,5-7,12H2,1-4H3,(H,13,15). The van der Waals surface area contributed by atoms with Crippen molar-refractivity contribution in [3.8, 4) is 0 Å². The van der Waals surface area contributed by atoms with E-state index in [0.717, 1.165) is 13.2 Å². The third kappa shape index (κ3) is 3.17. The molecule has 1 amide bonds. The van der Waals surface area contributed by atoms with Gasteiger partial charge in [0.2, 0.25) is 5.91 Å². The van der Waals surface area contributed by atoms with Crippen LogP contribution in [0.4, 0.5) is 0 Å². The summed E-state index contributed by atoms with van der Waals surface area (Å²) in [6, 6.07) is 0.348. The van der Waals surface area contributed by atoms with E-state index >= 15 is 0 Å². The molecule has 1 heterocycles. The highest BCUT2D eigenvalue weighted by Gasteiger charge is 2.33. The predicted octanol–water partition coefficient (Wildman–Crippen LogP) is 0.112. The number of ether oxygens (including phenoxy) is 1. The largest absolute Gasteiger partial charge is 0.376 e. The fraction of sp³-hybridized carbons (Fsp3) is 0.909. The highest BCUT2D eigenvalue weighted by Crippen LogP contribution is 2.21. The second-order valence-corrected chi connectivity index (χ2v) is 5.28. The Hall–Kier alpha value is -0.650. The van der Waals surface area contributed by atoms with Gasteiger partial charge in [-0.05, 0) is 27.7 Å². The summed E-state index contributed by atoms with van der Waals surface area (Å²) >= 11 is 0. The van der Waals surface area contributed by atoms with Crippen LogP contribution in [0.5, 0.6) is 0 Å². The minimum absolute atomic E-state index is 0.126. The maximum Gasteiger partial charge on any atom is 0.240 e. The molecule has 0 aromatic rings. The number of nitrogens with zero attached hydrogens (tertiary/aromatic N) is 1. The molecule has 0 bridgehead atoms. The van der Waals surface area contributed by atoms with Crippen molar-refractivity contribution < 1.29 is 9.53 Å². The molecule has 16 heavy (non-hydrogen) atoms. The second kappa shape index (κ2) is 5.12. The summed E-state index contributed by atoms with van der Waals surface area (Å²) < 4.78 is 5.55. The number of carbonyl (C=O) groups excluding carboxylic acids is 1. The summed E-state index contributed by atoms with van der Waals surface area (Å²) in [5, 5.41) is 0. The van der Waals surface area contributed by atoms with Crippen molar-refractivity contribution in [2.45, 2.75) is 39.8 Å². The number of morpholine rings is 1. The van der Waals surface area contributed by atoms with Gasteiger partial charge in [0.1, 0.15) is 0 Å². The van der Waals surface area contributed by atoms with Crippen LogP contribution < -0.4 is 11.3 Å². The number of hydrogen-bond donors (Lipinski definition) is 2. The van der Waals surface area contributed by atoms with E-state index in [-0.39, 0.29) is 12.0 Å². The zero-order valence-corrected chi connectivity index (χ0v) is 10.6. The zero-order chi connectivity index (χ0) is 12.3. The van der Waals surface area contributed by atoms with Crippen molar-refractivity contribution in [2.24, 2.45) is 11.3 Å². The highest BCUT2D eigenvalue weighted by atomic mass is 16.5. The molecule has 0 saturated carbocycles. The van der Waals surface area contributed by atoms with E-state index in [0.29, 0.717) is 12.6 Å². The van der Waals surface area contributed by atoms with Crippen LogP contribution in [0, 0.1) is 5.41 Å². The van der Waals surface area contributed by atoms with Gasteiger partial charge in [0.15, 0.2) is 0 Å². The molecular formula is C11H23N3O2. The van der Waals surface area contributed by atoms with Gasteiger partial charge in [0, 0.05) is 19.1 Å². The Morgan fingerprint density at radius 3 is 2.75 bits per heavy atom. The van der Waals surface area contributed by atoms with Crippen molar-refractivity contribution in [1.82, 2.24) is 10.3 Å². The first-order valence-electron chi connectivity index (χ1n) is 5.73. The molecule has 0 aromatic heterocycles. The lowest BCUT2D eigenvalue weighted by Crippen LogP contribution is -2.54. The summed E-state index contributed by atoms with van der Waals surface area (Å²) in [6.45, 7) is 10.3. The van der Waals surface area contributed by atoms with E-state index in [1.165, 1.54) is 0 Å². The number of nitrogens with two attached hydrogens (primary N) is 1. The number of rotatable bonds is 3. The van der Waals surface area contributed by atoms with Crippen LogP contribution in [0.25, 0.3) is 0 Å². The maximum absolute atomic E-state index is 11.6. The molecule has 94 valence electrons. The van der Waals surface area contributed by atoms with Gasteiger partial charge in [-0.25, -0.2) is 5.84 Å². The van der Waals surface area contributed by atoms with Gasteiger partial charge >= 0.3 is 0 Å². The van der Waals surface area contributed by atoms with Gasteiger partial charge in [-0.2, -0.15) is 0 Å². The Kier molecular flexibility index (Phi) is 4.29. The number of amides is 1. The Bertz CT molecular complexity index is 256. The van der Waals surface area contributed by atoms with Gasteiger partial charge in [-0.15, -0.1) is 0 Å². The Morgan fingerprint density at radius 1 is 1.56 bits per heavy atom. The summed E-state index contributed by atoms with van der Waals surface area (Å²) in [6.07, 6.45) is 0.230. The lowest BCUT2D eigenvalue weighted by molar-refractivity contribution is -0.132. The number of nitrogens with one attached hydrogen (secondary N) is 1. The Labute approximate surface area is 97.3 Å². The van der Waals surface area contributed by atoms with Crippen molar-refractivity contribution in [1.29, 1.82) is 0 Å². The third-order valence-electron chi connectivity index (χ3n) is 3.08. The number of hydrazine groups is 1. The molecule has 0 aromatic carbocycles. The van der Waals surface area contributed by atoms with Crippen LogP contribution in [-0.4, -0.2) is 42.6 Å². The first-order chi connectivity index (χ1) is 7.36. The van der Waals surface area contributed by atoms with Crippen LogP contribution >= 0.6 is 0 Å².